The van der Waals surface area contributed by atoms with Crippen LogP contribution < -0.4 is 10.6 Å². The SMILES string of the molecule is COCC(C)NC(=S)NCc1cnn(C)c1. The van der Waals surface area contributed by atoms with Gasteiger partial charge in [0, 0.05) is 38.5 Å². The fourth-order valence-corrected chi connectivity index (χ4v) is 1.59. The summed E-state index contributed by atoms with van der Waals surface area (Å²) < 4.78 is 6.77. The van der Waals surface area contributed by atoms with Gasteiger partial charge in [0.05, 0.1) is 12.8 Å². The van der Waals surface area contributed by atoms with Crippen molar-refractivity contribution in [2.45, 2.75) is 19.5 Å². The van der Waals surface area contributed by atoms with Crippen LogP contribution in [0.2, 0.25) is 0 Å². The van der Waals surface area contributed by atoms with Gasteiger partial charge in [0.25, 0.3) is 0 Å². The van der Waals surface area contributed by atoms with Crippen molar-refractivity contribution >= 4 is 17.3 Å². The molecule has 0 saturated carbocycles. The number of methoxy groups -OCH3 is 1. The lowest BCUT2D eigenvalue weighted by Crippen LogP contribution is -2.42. The van der Waals surface area contributed by atoms with Crippen molar-refractivity contribution in [2.75, 3.05) is 13.7 Å². The Kier molecular flexibility index (Phi) is 5.21. The fourth-order valence-electron chi connectivity index (χ4n) is 1.31. The average molecular weight is 242 g/mol. The predicted molar refractivity (Wildman–Crippen MR) is 67.1 cm³/mol. The minimum Gasteiger partial charge on any atom is -0.383 e. The second-order valence-corrected chi connectivity index (χ2v) is 4.11. The zero-order valence-corrected chi connectivity index (χ0v) is 10.7. The van der Waals surface area contributed by atoms with Crippen molar-refractivity contribution < 1.29 is 4.74 Å². The summed E-state index contributed by atoms with van der Waals surface area (Å²) in [5.74, 6) is 0. The molecule has 5 nitrogen and oxygen atoms in total. The molecule has 0 aliphatic heterocycles. The van der Waals surface area contributed by atoms with E-state index in [1.807, 2.05) is 26.4 Å². The molecule has 16 heavy (non-hydrogen) atoms. The van der Waals surface area contributed by atoms with Crippen LogP contribution in [-0.2, 0) is 18.3 Å². The summed E-state index contributed by atoms with van der Waals surface area (Å²) in [5.41, 5.74) is 1.10. The minimum absolute atomic E-state index is 0.207. The summed E-state index contributed by atoms with van der Waals surface area (Å²) in [6.45, 7) is 3.33. The van der Waals surface area contributed by atoms with Crippen LogP contribution in [0.3, 0.4) is 0 Å². The third-order valence-electron chi connectivity index (χ3n) is 2.01. The van der Waals surface area contributed by atoms with E-state index in [0.717, 1.165) is 5.56 Å². The van der Waals surface area contributed by atoms with Crippen LogP contribution in [-0.4, -0.2) is 34.7 Å². The van der Waals surface area contributed by atoms with Gasteiger partial charge in [-0.05, 0) is 19.1 Å². The second kappa shape index (κ2) is 6.44. The van der Waals surface area contributed by atoms with Crippen molar-refractivity contribution in [3.63, 3.8) is 0 Å². The van der Waals surface area contributed by atoms with Gasteiger partial charge in [0.2, 0.25) is 0 Å². The van der Waals surface area contributed by atoms with Crippen LogP contribution >= 0.6 is 12.2 Å². The van der Waals surface area contributed by atoms with Crippen molar-refractivity contribution in [1.29, 1.82) is 0 Å². The Bertz CT molecular complexity index is 339. The van der Waals surface area contributed by atoms with Gasteiger partial charge >= 0.3 is 0 Å². The van der Waals surface area contributed by atoms with Gasteiger partial charge in [-0.1, -0.05) is 0 Å². The summed E-state index contributed by atoms with van der Waals surface area (Å²) in [7, 11) is 3.56. The first kappa shape index (κ1) is 12.9. The molecule has 1 unspecified atom stereocenters. The lowest BCUT2D eigenvalue weighted by molar-refractivity contribution is 0.179. The fraction of sp³-hybridized carbons (Fsp3) is 0.600. The number of thiocarbonyl (C=S) groups is 1. The van der Waals surface area contributed by atoms with Crippen LogP contribution in [0.1, 0.15) is 12.5 Å². The van der Waals surface area contributed by atoms with Gasteiger partial charge in [-0.15, -0.1) is 0 Å². The first-order valence-electron chi connectivity index (χ1n) is 5.12. The average Bonchev–Trinajstić information content (AvgIpc) is 2.61. The number of aromatic nitrogens is 2. The Balaban J connectivity index is 2.25. The molecule has 1 rings (SSSR count). The van der Waals surface area contributed by atoms with Crippen molar-refractivity contribution in [3.05, 3.63) is 18.0 Å². The van der Waals surface area contributed by atoms with Gasteiger partial charge in [-0.25, -0.2) is 0 Å². The normalized spacial score (nSPS) is 12.2. The van der Waals surface area contributed by atoms with Crippen molar-refractivity contribution in [1.82, 2.24) is 20.4 Å². The van der Waals surface area contributed by atoms with E-state index in [1.54, 1.807) is 11.8 Å². The zero-order chi connectivity index (χ0) is 12.0. The van der Waals surface area contributed by atoms with E-state index in [1.165, 1.54) is 0 Å². The molecule has 0 radical (unpaired) electrons. The number of nitrogens with zero attached hydrogens (tertiary/aromatic N) is 2. The third kappa shape index (κ3) is 4.59. The molecule has 0 fully saturated rings. The highest BCUT2D eigenvalue weighted by molar-refractivity contribution is 7.80. The molecule has 2 N–H and O–H groups in total. The maximum Gasteiger partial charge on any atom is 0.166 e. The summed E-state index contributed by atoms with van der Waals surface area (Å²) in [6.07, 6.45) is 3.77. The number of hydrogen-bond acceptors (Lipinski definition) is 3. The highest BCUT2D eigenvalue weighted by Gasteiger charge is 2.03. The molecule has 0 aliphatic rings. The summed E-state index contributed by atoms with van der Waals surface area (Å²) >= 11 is 5.15. The summed E-state index contributed by atoms with van der Waals surface area (Å²) in [6, 6.07) is 0.207. The van der Waals surface area contributed by atoms with E-state index in [4.69, 9.17) is 17.0 Å². The van der Waals surface area contributed by atoms with Crippen LogP contribution in [0.15, 0.2) is 12.4 Å². The Morgan fingerprint density at radius 3 is 3.00 bits per heavy atom. The largest absolute Gasteiger partial charge is 0.383 e. The molecular formula is C10H18N4OS. The van der Waals surface area contributed by atoms with E-state index >= 15 is 0 Å². The molecule has 0 saturated heterocycles. The van der Waals surface area contributed by atoms with Crippen LogP contribution in [0.4, 0.5) is 0 Å². The van der Waals surface area contributed by atoms with E-state index in [9.17, 15) is 0 Å². The summed E-state index contributed by atoms with van der Waals surface area (Å²) in [4.78, 5) is 0. The quantitative estimate of drug-likeness (QED) is 0.733. The topological polar surface area (TPSA) is 51.1 Å². The monoisotopic (exact) mass is 242 g/mol. The Morgan fingerprint density at radius 1 is 1.69 bits per heavy atom. The predicted octanol–water partition coefficient (Wildman–Crippen LogP) is 0.419. The Morgan fingerprint density at radius 2 is 2.44 bits per heavy atom. The Hall–Kier alpha value is -1.14. The number of ether oxygens (including phenoxy) is 1. The minimum atomic E-state index is 0.207. The Labute approximate surface area is 101 Å². The van der Waals surface area contributed by atoms with E-state index in [0.29, 0.717) is 18.3 Å². The first-order chi connectivity index (χ1) is 7.61. The lowest BCUT2D eigenvalue weighted by atomic mass is 10.3. The molecule has 90 valence electrons. The first-order valence-corrected chi connectivity index (χ1v) is 5.53. The van der Waals surface area contributed by atoms with Crippen molar-refractivity contribution in [2.24, 2.45) is 7.05 Å². The number of rotatable bonds is 5. The number of hydrogen-bond donors (Lipinski definition) is 2. The van der Waals surface area contributed by atoms with Crippen LogP contribution in [0.5, 0.6) is 0 Å². The number of nitrogens with one attached hydrogen (secondary N) is 2. The van der Waals surface area contributed by atoms with Crippen molar-refractivity contribution in [3.8, 4) is 0 Å². The molecule has 0 amide bonds. The molecule has 0 bridgehead atoms. The second-order valence-electron chi connectivity index (χ2n) is 3.71. The molecule has 0 aromatic carbocycles. The number of aryl methyl sites for hydroxylation is 1. The molecule has 1 heterocycles. The van der Waals surface area contributed by atoms with Gasteiger partial charge < -0.3 is 15.4 Å². The van der Waals surface area contributed by atoms with Crippen LogP contribution in [0.25, 0.3) is 0 Å². The highest BCUT2D eigenvalue weighted by Crippen LogP contribution is 1.94. The van der Waals surface area contributed by atoms with E-state index < -0.39 is 0 Å². The molecule has 1 aromatic heterocycles. The van der Waals surface area contributed by atoms with Gasteiger partial charge in [0.1, 0.15) is 0 Å². The van der Waals surface area contributed by atoms with Gasteiger partial charge in [-0.3, -0.25) is 4.68 Å². The smallest absolute Gasteiger partial charge is 0.166 e. The van der Waals surface area contributed by atoms with Gasteiger partial charge in [-0.2, -0.15) is 5.10 Å². The standard InChI is InChI=1S/C10H18N4OS/c1-8(7-15-3)13-10(16)11-4-9-5-12-14(2)6-9/h5-6,8H,4,7H2,1-3H3,(H2,11,13,16). The molecule has 1 atom stereocenters. The molecule has 0 spiro atoms. The molecular weight excluding hydrogens is 224 g/mol. The zero-order valence-electron chi connectivity index (χ0n) is 9.86. The summed E-state index contributed by atoms with van der Waals surface area (Å²) in [5, 5.41) is 10.9. The molecule has 0 aliphatic carbocycles. The molecule has 6 heteroatoms. The third-order valence-corrected chi connectivity index (χ3v) is 2.27. The van der Waals surface area contributed by atoms with E-state index in [-0.39, 0.29) is 6.04 Å². The highest BCUT2D eigenvalue weighted by atomic mass is 32.1. The molecule has 1 aromatic rings. The lowest BCUT2D eigenvalue weighted by Gasteiger charge is -2.15. The maximum absolute atomic E-state index is 5.15. The maximum atomic E-state index is 5.15. The van der Waals surface area contributed by atoms with Crippen LogP contribution in [0, 0.1) is 0 Å². The van der Waals surface area contributed by atoms with Gasteiger partial charge in [0.15, 0.2) is 5.11 Å². The van der Waals surface area contributed by atoms with E-state index in [2.05, 4.69) is 15.7 Å².